The molecule has 0 bridgehead atoms. The lowest BCUT2D eigenvalue weighted by Gasteiger charge is -2.40. The van der Waals surface area contributed by atoms with E-state index in [0.29, 0.717) is 6.42 Å². The summed E-state index contributed by atoms with van der Waals surface area (Å²) < 4.78 is 11.2. The van der Waals surface area contributed by atoms with Crippen molar-refractivity contribution in [3.63, 3.8) is 0 Å². The van der Waals surface area contributed by atoms with Crippen LogP contribution in [0.1, 0.15) is 181 Å². The van der Waals surface area contributed by atoms with Crippen molar-refractivity contribution >= 4 is 5.91 Å². The van der Waals surface area contributed by atoms with Gasteiger partial charge in [-0.3, -0.25) is 4.79 Å². The fourth-order valence-electron chi connectivity index (χ4n) is 6.78. The lowest BCUT2D eigenvalue weighted by atomic mass is 9.99. The predicted molar refractivity (Wildman–Crippen MR) is 226 cm³/mol. The third-order valence-corrected chi connectivity index (χ3v) is 10.4. The molecule has 0 aliphatic carbocycles. The van der Waals surface area contributed by atoms with Crippen molar-refractivity contribution in [2.45, 2.75) is 224 Å². The molecular weight excluding hydrogens is 695 g/mol. The van der Waals surface area contributed by atoms with Gasteiger partial charge in [0.05, 0.1) is 25.4 Å². The Morgan fingerprint density at radius 3 is 1.62 bits per heavy atom. The summed E-state index contributed by atoms with van der Waals surface area (Å²) >= 11 is 0. The Bertz CT molecular complexity index is 998. The van der Waals surface area contributed by atoms with E-state index in [2.05, 4.69) is 55.6 Å². The third kappa shape index (κ3) is 27.4. The van der Waals surface area contributed by atoms with Crippen LogP contribution in [0, 0.1) is 0 Å². The van der Waals surface area contributed by atoms with Crippen LogP contribution >= 0.6 is 0 Å². The van der Waals surface area contributed by atoms with Gasteiger partial charge in [-0.1, -0.05) is 159 Å². The summed E-state index contributed by atoms with van der Waals surface area (Å²) in [7, 11) is 0. The number of allylic oxidation sites excluding steroid dienone is 7. The van der Waals surface area contributed by atoms with Crippen LogP contribution in [-0.2, 0) is 14.3 Å². The van der Waals surface area contributed by atoms with Gasteiger partial charge in [-0.25, -0.2) is 0 Å². The van der Waals surface area contributed by atoms with Crippen LogP contribution in [0.15, 0.2) is 48.6 Å². The van der Waals surface area contributed by atoms with Crippen molar-refractivity contribution in [3.8, 4) is 0 Å². The SMILES string of the molecule is CC/C=C/CC/C=C/CC/C=C/C(O)C(COC1OC(CO)C(O)C(O)C1O)NC(=O)CCCCCCCCC/C=C\CCCCCCCCCCCCC. The van der Waals surface area contributed by atoms with Crippen LogP contribution in [-0.4, -0.2) is 87.5 Å². The molecule has 1 aliphatic heterocycles. The van der Waals surface area contributed by atoms with E-state index in [1.807, 2.05) is 6.08 Å². The second-order valence-corrected chi connectivity index (χ2v) is 15.4. The number of nitrogens with one attached hydrogen (secondary N) is 1. The first-order chi connectivity index (χ1) is 26.8. The zero-order chi connectivity index (χ0) is 40.2. The van der Waals surface area contributed by atoms with Crippen molar-refractivity contribution in [2.75, 3.05) is 13.2 Å². The number of aliphatic hydroxyl groups is 5. The van der Waals surface area contributed by atoms with Crippen LogP contribution in [0.3, 0.4) is 0 Å². The monoisotopic (exact) mass is 778 g/mol. The number of carbonyl (C=O) groups excluding carboxylic acids is 1. The maximum atomic E-state index is 12.9. The fourth-order valence-corrected chi connectivity index (χ4v) is 6.78. The van der Waals surface area contributed by atoms with Gasteiger partial charge in [0.1, 0.15) is 24.4 Å². The lowest BCUT2D eigenvalue weighted by Crippen LogP contribution is -2.60. The molecule has 9 heteroatoms. The summed E-state index contributed by atoms with van der Waals surface area (Å²) in [5, 5.41) is 54.0. The van der Waals surface area contributed by atoms with Crippen molar-refractivity contribution < 1.29 is 39.8 Å². The standard InChI is InChI=1S/C46H83NO8/c1-3-5-7-9-11-13-15-16-17-18-19-20-21-22-23-24-25-26-28-30-32-34-36-42(50)47-39(38-54-46-45(53)44(52)43(51)41(37-48)55-46)40(49)35-33-31-29-27-14-12-10-8-6-4-2/h6,8,14,21-22,27,33,35,39-41,43-46,48-49,51-53H,3-5,7,9-13,15-20,23-26,28-32,34,36-38H2,1-2H3,(H,47,50)/b8-6+,22-21-,27-14+,35-33+. The van der Waals surface area contributed by atoms with Crippen molar-refractivity contribution in [2.24, 2.45) is 0 Å². The lowest BCUT2D eigenvalue weighted by molar-refractivity contribution is -0.302. The average molecular weight is 778 g/mol. The molecule has 6 N–H and O–H groups in total. The molecule has 7 unspecified atom stereocenters. The minimum absolute atomic E-state index is 0.199. The molecular formula is C46H83NO8. The molecule has 1 saturated heterocycles. The molecule has 1 amide bonds. The van der Waals surface area contributed by atoms with Crippen LogP contribution in [0.5, 0.6) is 0 Å². The topological polar surface area (TPSA) is 149 Å². The third-order valence-electron chi connectivity index (χ3n) is 10.4. The average Bonchev–Trinajstić information content (AvgIpc) is 3.18. The Hall–Kier alpha value is -1.85. The van der Waals surface area contributed by atoms with Gasteiger partial charge >= 0.3 is 0 Å². The molecule has 9 nitrogen and oxygen atoms in total. The normalized spacial score (nSPS) is 21.8. The zero-order valence-corrected chi connectivity index (χ0v) is 34.9. The Morgan fingerprint density at radius 2 is 1.09 bits per heavy atom. The highest BCUT2D eigenvalue weighted by Crippen LogP contribution is 2.22. The Labute approximate surface area is 335 Å². The number of hydrogen-bond donors (Lipinski definition) is 6. The number of hydrogen-bond acceptors (Lipinski definition) is 8. The van der Waals surface area contributed by atoms with Crippen LogP contribution in [0.25, 0.3) is 0 Å². The number of carbonyl (C=O) groups is 1. The van der Waals surface area contributed by atoms with Gasteiger partial charge in [-0.2, -0.15) is 0 Å². The molecule has 320 valence electrons. The number of unbranched alkanes of at least 4 members (excludes halogenated alkanes) is 20. The first-order valence-electron chi connectivity index (χ1n) is 22.4. The summed E-state index contributed by atoms with van der Waals surface area (Å²) in [6.45, 7) is 3.61. The number of rotatable bonds is 36. The second kappa shape index (κ2) is 36.5. The Kier molecular flexibility index (Phi) is 33.9. The number of aliphatic hydroxyl groups excluding tert-OH is 5. The van der Waals surface area contributed by atoms with Crippen molar-refractivity contribution in [3.05, 3.63) is 48.6 Å². The van der Waals surface area contributed by atoms with E-state index in [0.717, 1.165) is 64.2 Å². The van der Waals surface area contributed by atoms with E-state index in [-0.39, 0.29) is 12.5 Å². The summed E-state index contributed by atoms with van der Waals surface area (Å²) in [5.74, 6) is -0.199. The van der Waals surface area contributed by atoms with Gasteiger partial charge in [0.25, 0.3) is 0 Å². The molecule has 1 fully saturated rings. The summed E-state index contributed by atoms with van der Waals surface area (Å²) in [5.41, 5.74) is 0. The van der Waals surface area contributed by atoms with Crippen LogP contribution < -0.4 is 5.32 Å². The Balaban J connectivity index is 2.30. The van der Waals surface area contributed by atoms with E-state index in [9.17, 15) is 30.3 Å². The van der Waals surface area contributed by atoms with Gasteiger partial charge in [0.15, 0.2) is 6.29 Å². The summed E-state index contributed by atoms with van der Waals surface area (Å²) in [6, 6.07) is -0.828. The Morgan fingerprint density at radius 1 is 0.618 bits per heavy atom. The minimum atomic E-state index is -1.57. The molecule has 0 radical (unpaired) electrons. The maximum Gasteiger partial charge on any atom is 0.220 e. The molecule has 0 aromatic heterocycles. The molecule has 0 aromatic rings. The fraction of sp³-hybridized carbons (Fsp3) is 0.804. The zero-order valence-electron chi connectivity index (χ0n) is 34.9. The van der Waals surface area contributed by atoms with E-state index in [1.165, 1.54) is 96.3 Å². The van der Waals surface area contributed by atoms with Gasteiger partial charge in [0, 0.05) is 6.42 Å². The van der Waals surface area contributed by atoms with Crippen LogP contribution in [0.4, 0.5) is 0 Å². The highest BCUT2D eigenvalue weighted by Gasteiger charge is 2.44. The highest BCUT2D eigenvalue weighted by molar-refractivity contribution is 5.76. The second-order valence-electron chi connectivity index (χ2n) is 15.4. The smallest absolute Gasteiger partial charge is 0.220 e. The molecule has 0 saturated carbocycles. The number of ether oxygens (including phenoxy) is 2. The van der Waals surface area contributed by atoms with Crippen molar-refractivity contribution in [1.82, 2.24) is 5.32 Å². The van der Waals surface area contributed by atoms with Gasteiger partial charge in [0.2, 0.25) is 5.91 Å². The predicted octanol–water partition coefficient (Wildman–Crippen LogP) is 9.06. The van der Waals surface area contributed by atoms with Crippen LogP contribution in [0.2, 0.25) is 0 Å². The maximum absolute atomic E-state index is 12.9. The molecule has 55 heavy (non-hydrogen) atoms. The summed E-state index contributed by atoms with van der Waals surface area (Å²) in [6.07, 6.45) is 38.9. The quantitative estimate of drug-likeness (QED) is 0.0273. The molecule has 0 spiro atoms. The van der Waals surface area contributed by atoms with E-state index >= 15 is 0 Å². The highest BCUT2D eigenvalue weighted by atomic mass is 16.7. The molecule has 7 atom stereocenters. The van der Waals surface area contributed by atoms with E-state index < -0.39 is 49.5 Å². The van der Waals surface area contributed by atoms with E-state index in [1.54, 1.807) is 6.08 Å². The molecule has 1 rings (SSSR count). The van der Waals surface area contributed by atoms with Gasteiger partial charge in [-0.15, -0.1) is 0 Å². The first-order valence-corrected chi connectivity index (χ1v) is 22.4. The first kappa shape index (κ1) is 51.2. The molecule has 1 heterocycles. The molecule has 1 aliphatic rings. The largest absolute Gasteiger partial charge is 0.394 e. The minimum Gasteiger partial charge on any atom is -0.394 e. The van der Waals surface area contributed by atoms with Crippen molar-refractivity contribution in [1.29, 1.82) is 0 Å². The van der Waals surface area contributed by atoms with Gasteiger partial charge < -0.3 is 40.3 Å². The summed E-state index contributed by atoms with van der Waals surface area (Å²) in [4.78, 5) is 12.9. The molecule has 0 aromatic carbocycles. The number of amides is 1. The van der Waals surface area contributed by atoms with E-state index in [4.69, 9.17) is 9.47 Å². The van der Waals surface area contributed by atoms with Gasteiger partial charge in [-0.05, 0) is 64.2 Å².